The standard InChI is InChI=1S/C30H35NO4S/c1-28-12-9-20(32)15-19(28)7-8-22-23-10-13-30(35,29(23,2)16-24(33)26(22)28)25(34)17-36-27-21-6-4-3-5-18(21)11-14-31-27/h3-6,11,14-15,22-24,26,33,35H,7-10,12-13,16-17H2,1-2H3/t22?,23?,24-,26?,28?,29?,30-/m0/s1. The molecule has 5 nitrogen and oxygen atoms in total. The molecular weight excluding hydrogens is 470 g/mol. The smallest absolute Gasteiger partial charge is 0.175 e. The molecular formula is C30H35NO4S. The highest BCUT2D eigenvalue weighted by atomic mass is 32.2. The topological polar surface area (TPSA) is 87.5 Å². The maximum atomic E-state index is 13.7. The molecule has 1 heterocycles. The number of aromatic nitrogens is 1. The average Bonchev–Trinajstić information content (AvgIpc) is 3.13. The van der Waals surface area contributed by atoms with Gasteiger partial charge in [-0.15, -0.1) is 0 Å². The maximum Gasteiger partial charge on any atom is 0.175 e. The van der Waals surface area contributed by atoms with Crippen LogP contribution in [-0.4, -0.2) is 44.2 Å². The number of fused-ring (bicyclic) bond motifs is 6. The fourth-order valence-electron chi connectivity index (χ4n) is 8.61. The molecule has 0 aliphatic heterocycles. The summed E-state index contributed by atoms with van der Waals surface area (Å²) >= 11 is 1.40. The third kappa shape index (κ3) is 3.40. The lowest BCUT2D eigenvalue weighted by molar-refractivity contribution is -0.178. The van der Waals surface area contributed by atoms with E-state index >= 15 is 0 Å². The van der Waals surface area contributed by atoms with Gasteiger partial charge in [-0.25, -0.2) is 4.98 Å². The highest BCUT2D eigenvalue weighted by Gasteiger charge is 2.68. The molecule has 0 saturated heterocycles. The molecule has 7 atom stereocenters. The average molecular weight is 506 g/mol. The van der Waals surface area contributed by atoms with Gasteiger partial charge in [0.05, 0.1) is 11.9 Å². The van der Waals surface area contributed by atoms with Crippen molar-refractivity contribution in [3.05, 3.63) is 48.2 Å². The molecule has 0 spiro atoms. The summed E-state index contributed by atoms with van der Waals surface area (Å²) in [5.74, 6) is 0.741. The number of Topliss-reactive ketones (excluding diaryl/α,β-unsaturated/α-hetero) is 1. The van der Waals surface area contributed by atoms with Crippen LogP contribution >= 0.6 is 11.8 Å². The lowest BCUT2D eigenvalue weighted by Gasteiger charge is -2.60. The number of nitrogens with zero attached hydrogens (tertiary/aromatic N) is 1. The van der Waals surface area contributed by atoms with Crippen LogP contribution in [0.25, 0.3) is 10.8 Å². The van der Waals surface area contributed by atoms with Crippen molar-refractivity contribution in [2.24, 2.45) is 28.6 Å². The van der Waals surface area contributed by atoms with Crippen molar-refractivity contribution >= 4 is 34.1 Å². The molecule has 4 aliphatic carbocycles. The van der Waals surface area contributed by atoms with Crippen molar-refractivity contribution in [3.63, 3.8) is 0 Å². The van der Waals surface area contributed by atoms with Crippen LogP contribution in [-0.2, 0) is 9.59 Å². The number of ketones is 2. The second-order valence-electron chi connectivity index (χ2n) is 12.0. The van der Waals surface area contributed by atoms with E-state index in [-0.39, 0.29) is 40.5 Å². The van der Waals surface area contributed by atoms with E-state index in [4.69, 9.17) is 0 Å². The van der Waals surface area contributed by atoms with Gasteiger partial charge in [0, 0.05) is 23.4 Å². The minimum atomic E-state index is -1.44. The molecule has 3 saturated carbocycles. The largest absolute Gasteiger partial charge is 0.393 e. The number of aliphatic hydroxyl groups is 2. The lowest BCUT2D eigenvalue weighted by atomic mass is 9.45. The zero-order valence-electron chi connectivity index (χ0n) is 21.1. The second kappa shape index (κ2) is 8.50. The van der Waals surface area contributed by atoms with Gasteiger partial charge in [0.15, 0.2) is 11.6 Å². The third-order valence-corrected chi connectivity index (χ3v) is 11.5. The number of rotatable bonds is 4. The summed E-state index contributed by atoms with van der Waals surface area (Å²) in [6, 6.07) is 9.97. The van der Waals surface area contributed by atoms with Gasteiger partial charge in [-0.1, -0.05) is 55.4 Å². The van der Waals surface area contributed by atoms with E-state index in [2.05, 4.69) is 11.9 Å². The van der Waals surface area contributed by atoms with Gasteiger partial charge in [0.25, 0.3) is 0 Å². The fraction of sp³-hybridized carbons (Fsp3) is 0.567. The monoisotopic (exact) mass is 505 g/mol. The summed E-state index contributed by atoms with van der Waals surface area (Å²) in [5.41, 5.74) is -1.07. The van der Waals surface area contributed by atoms with Crippen molar-refractivity contribution in [1.82, 2.24) is 4.98 Å². The predicted octanol–water partition coefficient (Wildman–Crippen LogP) is 5.13. The molecule has 0 radical (unpaired) electrons. The molecule has 0 amide bonds. The summed E-state index contributed by atoms with van der Waals surface area (Å²) < 4.78 is 0. The van der Waals surface area contributed by atoms with E-state index in [1.807, 2.05) is 43.3 Å². The Kier molecular flexibility index (Phi) is 5.75. The minimum Gasteiger partial charge on any atom is -0.393 e. The van der Waals surface area contributed by atoms with Crippen molar-refractivity contribution < 1.29 is 19.8 Å². The zero-order valence-corrected chi connectivity index (χ0v) is 21.9. The zero-order chi connectivity index (χ0) is 25.3. The molecule has 6 heteroatoms. The van der Waals surface area contributed by atoms with Crippen LogP contribution in [0.2, 0.25) is 0 Å². The Morgan fingerprint density at radius 3 is 2.78 bits per heavy atom. The number of hydrogen-bond donors (Lipinski definition) is 2. The van der Waals surface area contributed by atoms with Crippen LogP contribution in [0.3, 0.4) is 0 Å². The summed E-state index contributed by atoms with van der Waals surface area (Å²) in [7, 11) is 0. The molecule has 2 N–H and O–H groups in total. The first-order valence-electron chi connectivity index (χ1n) is 13.3. The van der Waals surface area contributed by atoms with Crippen LogP contribution in [0.4, 0.5) is 0 Å². The molecule has 1 aromatic heterocycles. The molecule has 0 bridgehead atoms. The van der Waals surface area contributed by atoms with Gasteiger partial charge >= 0.3 is 0 Å². The highest BCUT2D eigenvalue weighted by molar-refractivity contribution is 8.00. The van der Waals surface area contributed by atoms with Crippen LogP contribution < -0.4 is 0 Å². The molecule has 4 aliphatic rings. The van der Waals surface area contributed by atoms with E-state index in [1.165, 1.54) is 17.3 Å². The Bertz CT molecular complexity index is 1270. The SMILES string of the molecule is CC12CCC(=O)C=C1CCC1C2[C@@H](O)CC2(C)C1CC[C@]2(O)C(=O)CSc1nccc2ccccc12. The number of allylic oxidation sites excluding steroid dienone is 1. The number of carbonyl (C=O) groups excluding carboxylic acids is 2. The van der Waals surface area contributed by atoms with E-state index in [0.717, 1.165) is 41.5 Å². The first-order valence-corrected chi connectivity index (χ1v) is 14.3. The highest BCUT2D eigenvalue weighted by Crippen LogP contribution is 2.67. The Labute approximate surface area is 216 Å². The van der Waals surface area contributed by atoms with Gasteiger partial charge in [-0.3, -0.25) is 9.59 Å². The number of hydrogen-bond acceptors (Lipinski definition) is 6. The maximum absolute atomic E-state index is 13.7. The summed E-state index contributed by atoms with van der Waals surface area (Å²) in [6.45, 7) is 4.27. The fourth-order valence-corrected chi connectivity index (χ4v) is 9.59. The minimum absolute atomic E-state index is 0.0791. The molecule has 5 unspecified atom stereocenters. The van der Waals surface area contributed by atoms with E-state index in [9.17, 15) is 19.8 Å². The predicted molar refractivity (Wildman–Crippen MR) is 141 cm³/mol. The van der Waals surface area contributed by atoms with E-state index in [0.29, 0.717) is 19.3 Å². The number of aliphatic hydroxyl groups excluding tert-OH is 1. The van der Waals surface area contributed by atoms with Gasteiger partial charge < -0.3 is 10.2 Å². The number of pyridine rings is 1. The van der Waals surface area contributed by atoms with E-state index < -0.39 is 17.1 Å². The first-order chi connectivity index (χ1) is 17.2. The molecule has 3 fully saturated rings. The molecule has 2 aromatic rings. The van der Waals surface area contributed by atoms with Gasteiger partial charge in [-0.2, -0.15) is 0 Å². The lowest BCUT2D eigenvalue weighted by Crippen LogP contribution is -2.61. The normalized spacial score (nSPS) is 39.8. The molecule has 190 valence electrons. The Morgan fingerprint density at radius 1 is 1.14 bits per heavy atom. The van der Waals surface area contributed by atoms with Crippen LogP contribution in [0, 0.1) is 28.6 Å². The molecule has 6 rings (SSSR count). The Balaban J connectivity index is 1.26. The third-order valence-electron chi connectivity index (χ3n) is 10.5. The van der Waals surface area contributed by atoms with Gasteiger partial charge in [-0.05, 0) is 79.2 Å². The van der Waals surface area contributed by atoms with Crippen molar-refractivity contribution in [2.45, 2.75) is 75.5 Å². The Hall–Kier alpha value is -2.02. The second-order valence-corrected chi connectivity index (χ2v) is 13.0. The van der Waals surface area contributed by atoms with Crippen LogP contribution in [0.15, 0.2) is 53.2 Å². The van der Waals surface area contributed by atoms with Crippen LogP contribution in [0.5, 0.6) is 0 Å². The summed E-state index contributed by atoms with van der Waals surface area (Å²) in [5, 5.41) is 26.5. The number of carbonyl (C=O) groups is 2. The Morgan fingerprint density at radius 2 is 1.94 bits per heavy atom. The van der Waals surface area contributed by atoms with E-state index in [1.54, 1.807) is 6.20 Å². The molecule has 36 heavy (non-hydrogen) atoms. The number of benzene rings is 1. The number of thioether (sulfide) groups is 1. The van der Waals surface area contributed by atoms with Crippen LogP contribution in [0.1, 0.15) is 58.8 Å². The first kappa shape index (κ1) is 24.3. The quantitative estimate of drug-likeness (QED) is 0.560. The van der Waals surface area contributed by atoms with Crippen molar-refractivity contribution in [3.8, 4) is 0 Å². The molecule has 1 aromatic carbocycles. The van der Waals surface area contributed by atoms with Crippen molar-refractivity contribution in [2.75, 3.05) is 5.75 Å². The summed E-state index contributed by atoms with van der Waals surface area (Å²) in [6.07, 6.45) is 7.80. The van der Waals surface area contributed by atoms with Gasteiger partial charge in [0.2, 0.25) is 0 Å². The van der Waals surface area contributed by atoms with Gasteiger partial charge in [0.1, 0.15) is 10.6 Å². The van der Waals surface area contributed by atoms with Crippen molar-refractivity contribution in [1.29, 1.82) is 0 Å². The summed E-state index contributed by atoms with van der Waals surface area (Å²) in [4.78, 5) is 30.3.